The molecule has 0 unspecified atom stereocenters. The third kappa shape index (κ3) is 3.65. The number of imide groups is 1. The lowest BCUT2D eigenvalue weighted by Crippen LogP contribution is -2.35. The minimum atomic E-state index is -0.146. The SMILES string of the molecule is O=C1c2ccccc2C(=O)N1CCCCCCN1CC[C@H]2c3cccc(O)c3CC[C@H]21. The smallest absolute Gasteiger partial charge is 0.261 e. The Hall–Kier alpha value is -2.66. The number of benzene rings is 2. The summed E-state index contributed by atoms with van der Waals surface area (Å²) in [5, 5.41) is 10.2. The fourth-order valence-electron chi connectivity index (χ4n) is 5.83. The number of nitrogens with zero attached hydrogens (tertiary/aromatic N) is 2. The summed E-state index contributed by atoms with van der Waals surface area (Å²) in [6.07, 6.45) is 7.46. The fourth-order valence-corrected chi connectivity index (χ4v) is 5.83. The summed E-state index contributed by atoms with van der Waals surface area (Å²) in [5.74, 6) is 0.733. The molecular weight excluding hydrogens is 388 g/mol. The number of unbranched alkanes of at least 4 members (excludes halogenated alkanes) is 3. The van der Waals surface area contributed by atoms with Crippen LogP contribution in [0.3, 0.4) is 0 Å². The first-order valence-electron chi connectivity index (χ1n) is 11.6. The van der Waals surface area contributed by atoms with Crippen LogP contribution in [0.4, 0.5) is 0 Å². The predicted molar refractivity (Wildman–Crippen MR) is 119 cm³/mol. The lowest BCUT2D eigenvalue weighted by atomic mass is 9.79. The number of carbonyl (C=O) groups excluding carboxylic acids is 2. The standard InChI is InChI=1S/C26H30N2O3/c29-24-11-7-10-18-19-14-17-27(23(19)13-12-20(18)24)15-5-1-2-6-16-28-25(30)21-8-3-4-9-22(21)26(28)31/h3-4,7-11,19,23,29H,1-2,5-6,12-17H2/t19-,23+/m0/s1. The second-order valence-corrected chi connectivity index (χ2v) is 9.10. The number of phenols is 1. The molecule has 2 heterocycles. The highest BCUT2D eigenvalue weighted by Crippen LogP contribution is 2.43. The van der Waals surface area contributed by atoms with Crippen LogP contribution in [0.2, 0.25) is 0 Å². The molecule has 1 fully saturated rings. The van der Waals surface area contributed by atoms with E-state index in [1.54, 1.807) is 12.1 Å². The van der Waals surface area contributed by atoms with Crippen molar-refractivity contribution in [2.75, 3.05) is 19.6 Å². The van der Waals surface area contributed by atoms with Crippen molar-refractivity contribution in [2.24, 2.45) is 0 Å². The zero-order valence-electron chi connectivity index (χ0n) is 17.9. The highest BCUT2D eigenvalue weighted by Gasteiger charge is 2.39. The first-order valence-corrected chi connectivity index (χ1v) is 11.6. The number of carbonyl (C=O) groups is 2. The molecule has 5 heteroatoms. The number of hydrogen-bond donors (Lipinski definition) is 1. The minimum Gasteiger partial charge on any atom is -0.508 e. The van der Waals surface area contributed by atoms with Crippen molar-refractivity contribution in [1.29, 1.82) is 0 Å². The molecular formula is C26H30N2O3. The van der Waals surface area contributed by atoms with E-state index in [1.165, 1.54) is 22.4 Å². The van der Waals surface area contributed by atoms with Crippen LogP contribution in [0.1, 0.15) is 76.3 Å². The summed E-state index contributed by atoms with van der Waals surface area (Å²) < 4.78 is 0. The van der Waals surface area contributed by atoms with Gasteiger partial charge in [0.25, 0.3) is 11.8 Å². The number of phenolic OH excluding ortho intramolecular Hbond substituents is 1. The summed E-state index contributed by atoms with van der Waals surface area (Å²) >= 11 is 0. The third-order valence-corrected chi connectivity index (χ3v) is 7.39. The quantitative estimate of drug-likeness (QED) is 0.536. The molecule has 0 bridgehead atoms. The van der Waals surface area contributed by atoms with Gasteiger partial charge in [0.1, 0.15) is 5.75 Å². The van der Waals surface area contributed by atoms with Crippen LogP contribution < -0.4 is 0 Å². The number of aromatic hydroxyl groups is 1. The zero-order valence-corrected chi connectivity index (χ0v) is 17.9. The summed E-state index contributed by atoms with van der Waals surface area (Å²) in [4.78, 5) is 28.9. The van der Waals surface area contributed by atoms with Crippen LogP contribution in [0.25, 0.3) is 0 Å². The van der Waals surface area contributed by atoms with Crippen molar-refractivity contribution in [2.45, 2.75) is 56.9 Å². The van der Waals surface area contributed by atoms with Gasteiger partial charge in [-0.2, -0.15) is 0 Å². The molecule has 5 nitrogen and oxygen atoms in total. The van der Waals surface area contributed by atoms with Crippen molar-refractivity contribution in [3.8, 4) is 5.75 Å². The van der Waals surface area contributed by atoms with Crippen LogP contribution in [0.5, 0.6) is 5.75 Å². The molecule has 2 atom stereocenters. The van der Waals surface area contributed by atoms with Crippen molar-refractivity contribution in [3.05, 3.63) is 64.7 Å². The lowest BCUT2D eigenvalue weighted by Gasteiger charge is -2.33. The van der Waals surface area contributed by atoms with E-state index in [9.17, 15) is 14.7 Å². The van der Waals surface area contributed by atoms with Gasteiger partial charge in [0.2, 0.25) is 0 Å². The van der Waals surface area contributed by atoms with Crippen LogP contribution in [-0.4, -0.2) is 52.4 Å². The Morgan fingerprint density at radius 2 is 1.55 bits per heavy atom. The van der Waals surface area contributed by atoms with E-state index in [0.717, 1.165) is 51.6 Å². The molecule has 3 aliphatic rings. The maximum absolute atomic E-state index is 12.4. The summed E-state index contributed by atoms with van der Waals surface area (Å²) in [6, 6.07) is 13.7. The topological polar surface area (TPSA) is 60.9 Å². The predicted octanol–water partition coefficient (Wildman–Crippen LogP) is 4.35. The van der Waals surface area contributed by atoms with Crippen LogP contribution >= 0.6 is 0 Å². The van der Waals surface area contributed by atoms with Crippen molar-refractivity contribution in [1.82, 2.24) is 9.80 Å². The van der Waals surface area contributed by atoms with E-state index in [1.807, 2.05) is 24.3 Å². The van der Waals surface area contributed by atoms with Gasteiger partial charge in [0.05, 0.1) is 11.1 Å². The second-order valence-electron chi connectivity index (χ2n) is 9.10. The normalized spacial score (nSPS) is 22.5. The molecule has 1 N–H and O–H groups in total. The van der Waals surface area contributed by atoms with Gasteiger partial charge >= 0.3 is 0 Å². The molecule has 2 amide bonds. The van der Waals surface area contributed by atoms with Crippen molar-refractivity contribution < 1.29 is 14.7 Å². The van der Waals surface area contributed by atoms with E-state index in [-0.39, 0.29) is 11.8 Å². The number of amides is 2. The molecule has 31 heavy (non-hydrogen) atoms. The summed E-state index contributed by atoms with van der Waals surface area (Å²) in [5.41, 5.74) is 3.61. The number of rotatable bonds is 7. The molecule has 5 rings (SSSR count). The molecule has 0 radical (unpaired) electrons. The molecule has 162 valence electrons. The molecule has 2 aliphatic heterocycles. The molecule has 0 aromatic heterocycles. The van der Waals surface area contributed by atoms with Gasteiger partial charge in [-0.05, 0) is 74.5 Å². The Bertz CT molecular complexity index is 967. The van der Waals surface area contributed by atoms with Crippen LogP contribution in [0, 0.1) is 0 Å². The molecule has 0 spiro atoms. The van der Waals surface area contributed by atoms with Gasteiger partial charge in [0.15, 0.2) is 0 Å². The Morgan fingerprint density at radius 3 is 2.29 bits per heavy atom. The number of likely N-dealkylation sites (tertiary alicyclic amines) is 1. The van der Waals surface area contributed by atoms with Gasteiger partial charge in [-0.25, -0.2) is 0 Å². The molecule has 1 aliphatic carbocycles. The first kappa shape index (κ1) is 20.3. The fraction of sp³-hybridized carbons (Fsp3) is 0.462. The zero-order chi connectivity index (χ0) is 21.4. The first-order chi connectivity index (χ1) is 15.1. The Labute approximate surface area is 183 Å². The lowest BCUT2D eigenvalue weighted by molar-refractivity contribution is 0.0651. The van der Waals surface area contributed by atoms with E-state index in [0.29, 0.717) is 35.4 Å². The highest BCUT2D eigenvalue weighted by molar-refractivity contribution is 6.21. The van der Waals surface area contributed by atoms with Gasteiger partial charge in [-0.15, -0.1) is 0 Å². The van der Waals surface area contributed by atoms with Crippen molar-refractivity contribution in [3.63, 3.8) is 0 Å². The monoisotopic (exact) mass is 418 g/mol. The van der Waals surface area contributed by atoms with Crippen molar-refractivity contribution >= 4 is 11.8 Å². The van der Waals surface area contributed by atoms with Gasteiger partial charge in [-0.3, -0.25) is 19.4 Å². The van der Waals surface area contributed by atoms with Crippen LogP contribution in [-0.2, 0) is 6.42 Å². The van der Waals surface area contributed by atoms with E-state index in [4.69, 9.17) is 0 Å². The Kier molecular flexibility index (Phi) is 5.53. The molecule has 1 saturated heterocycles. The highest BCUT2D eigenvalue weighted by atomic mass is 16.3. The average molecular weight is 419 g/mol. The number of fused-ring (bicyclic) bond motifs is 4. The largest absolute Gasteiger partial charge is 0.508 e. The van der Waals surface area contributed by atoms with Gasteiger partial charge in [0, 0.05) is 18.5 Å². The minimum absolute atomic E-state index is 0.146. The average Bonchev–Trinajstić information content (AvgIpc) is 3.31. The maximum atomic E-state index is 12.4. The second kappa shape index (κ2) is 8.46. The van der Waals surface area contributed by atoms with E-state index >= 15 is 0 Å². The summed E-state index contributed by atoms with van der Waals surface area (Å²) in [7, 11) is 0. The Balaban J connectivity index is 1.06. The third-order valence-electron chi connectivity index (χ3n) is 7.39. The molecule has 2 aromatic carbocycles. The molecule has 0 saturated carbocycles. The Morgan fingerprint density at radius 1 is 0.839 bits per heavy atom. The summed E-state index contributed by atoms with van der Waals surface area (Å²) in [6.45, 7) is 2.77. The molecule has 2 aromatic rings. The van der Waals surface area contributed by atoms with E-state index in [2.05, 4.69) is 11.0 Å². The number of hydrogen-bond acceptors (Lipinski definition) is 4. The van der Waals surface area contributed by atoms with Crippen LogP contribution in [0.15, 0.2) is 42.5 Å². The van der Waals surface area contributed by atoms with Gasteiger partial charge in [-0.1, -0.05) is 37.1 Å². The van der Waals surface area contributed by atoms with E-state index < -0.39 is 0 Å². The maximum Gasteiger partial charge on any atom is 0.261 e. The van der Waals surface area contributed by atoms with Gasteiger partial charge < -0.3 is 5.11 Å².